The van der Waals surface area contributed by atoms with Crippen LogP contribution in [-0.4, -0.2) is 25.9 Å². The Bertz CT molecular complexity index is 797. The number of pyridine rings is 1. The van der Waals surface area contributed by atoms with Crippen molar-refractivity contribution < 1.29 is 8.42 Å². The average Bonchev–Trinajstić information content (AvgIpc) is 2.58. The normalized spacial score (nSPS) is 11.5. The van der Waals surface area contributed by atoms with Gasteiger partial charge in [0.25, 0.3) is 0 Å². The summed E-state index contributed by atoms with van der Waals surface area (Å²) >= 11 is 0. The summed E-state index contributed by atoms with van der Waals surface area (Å²) < 4.78 is 22.8. The van der Waals surface area contributed by atoms with Crippen molar-refractivity contribution in [2.45, 2.75) is 24.9 Å². The summed E-state index contributed by atoms with van der Waals surface area (Å²) in [6.07, 6.45) is 1.74. The molecule has 1 aromatic heterocycles. The van der Waals surface area contributed by atoms with E-state index in [1.54, 1.807) is 18.3 Å². The zero-order chi connectivity index (χ0) is 17.4. The van der Waals surface area contributed by atoms with Crippen molar-refractivity contribution in [2.24, 2.45) is 10.1 Å². The molecule has 0 amide bonds. The summed E-state index contributed by atoms with van der Waals surface area (Å²) in [5, 5.41) is 11.5. The first-order valence-electron chi connectivity index (χ1n) is 7.53. The molecule has 0 bridgehead atoms. The van der Waals surface area contributed by atoms with E-state index in [-0.39, 0.29) is 28.9 Å². The highest BCUT2D eigenvalue weighted by Crippen LogP contribution is 2.10. The van der Waals surface area contributed by atoms with Gasteiger partial charge in [0.15, 0.2) is 5.96 Å². The number of guanidine groups is 1. The molecule has 2 aromatic rings. The van der Waals surface area contributed by atoms with Crippen molar-refractivity contribution in [1.82, 2.24) is 15.6 Å². The molecule has 0 atom stereocenters. The molecule has 1 aromatic carbocycles. The number of aromatic nitrogens is 1. The molecule has 7 nitrogen and oxygen atoms in total. The molecule has 0 radical (unpaired) electrons. The molecular weight excluding hydrogens is 453 g/mol. The van der Waals surface area contributed by atoms with Gasteiger partial charge in [-0.1, -0.05) is 18.2 Å². The zero-order valence-corrected chi connectivity index (χ0v) is 17.0. The number of hydrogen-bond acceptors (Lipinski definition) is 4. The Hall–Kier alpha value is -1.72. The minimum absolute atomic E-state index is 0. The monoisotopic (exact) mass is 475 g/mol. The van der Waals surface area contributed by atoms with Crippen LogP contribution in [0.2, 0.25) is 0 Å². The molecule has 0 fully saturated rings. The molecule has 1 heterocycles. The molecule has 0 aliphatic rings. The van der Waals surface area contributed by atoms with Crippen LogP contribution in [0.4, 0.5) is 0 Å². The van der Waals surface area contributed by atoms with Crippen molar-refractivity contribution in [3.63, 3.8) is 0 Å². The highest BCUT2D eigenvalue weighted by atomic mass is 127. The van der Waals surface area contributed by atoms with Gasteiger partial charge in [0.2, 0.25) is 10.0 Å². The number of sulfonamides is 1. The highest BCUT2D eigenvalue weighted by molar-refractivity contribution is 14.0. The van der Waals surface area contributed by atoms with Gasteiger partial charge in [0.1, 0.15) is 0 Å². The van der Waals surface area contributed by atoms with Crippen molar-refractivity contribution in [3.8, 4) is 0 Å². The lowest BCUT2D eigenvalue weighted by Crippen LogP contribution is -2.37. The van der Waals surface area contributed by atoms with Crippen molar-refractivity contribution in [1.29, 1.82) is 0 Å². The predicted molar refractivity (Wildman–Crippen MR) is 109 cm³/mol. The lowest BCUT2D eigenvalue weighted by molar-refractivity contribution is 0.597. The van der Waals surface area contributed by atoms with Gasteiger partial charge in [0, 0.05) is 12.7 Å². The Labute approximate surface area is 165 Å². The Balaban J connectivity index is 0.00000312. The number of aliphatic imine (C=N–C) groups is 1. The van der Waals surface area contributed by atoms with Gasteiger partial charge in [-0.25, -0.2) is 18.5 Å². The van der Waals surface area contributed by atoms with Crippen molar-refractivity contribution in [3.05, 3.63) is 59.9 Å². The fourth-order valence-corrected chi connectivity index (χ4v) is 2.59. The largest absolute Gasteiger partial charge is 0.357 e. The van der Waals surface area contributed by atoms with Crippen LogP contribution in [0.15, 0.2) is 58.5 Å². The second-order valence-corrected chi connectivity index (χ2v) is 6.62. The van der Waals surface area contributed by atoms with Crippen LogP contribution in [0.5, 0.6) is 0 Å². The van der Waals surface area contributed by atoms with Crippen molar-refractivity contribution in [2.75, 3.05) is 6.54 Å². The molecule has 25 heavy (non-hydrogen) atoms. The Morgan fingerprint density at radius 2 is 2.00 bits per heavy atom. The van der Waals surface area contributed by atoms with E-state index in [0.717, 1.165) is 11.3 Å². The van der Waals surface area contributed by atoms with E-state index in [0.29, 0.717) is 25.6 Å². The van der Waals surface area contributed by atoms with Crippen LogP contribution < -0.4 is 15.8 Å². The van der Waals surface area contributed by atoms with Gasteiger partial charge >= 0.3 is 0 Å². The Morgan fingerprint density at radius 3 is 2.64 bits per heavy atom. The number of hydrogen-bond donors (Lipinski definition) is 3. The van der Waals surface area contributed by atoms with E-state index in [4.69, 9.17) is 5.14 Å². The van der Waals surface area contributed by atoms with E-state index < -0.39 is 10.0 Å². The summed E-state index contributed by atoms with van der Waals surface area (Å²) in [4.78, 5) is 8.78. The standard InChI is InChI=1S/C16H21N5O2S.HI/c1-2-18-16(21-12-14-7-3-4-9-19-14)20-11-13-6-5-8-15(10-13)24(17,22)23;/h3-10H,2,11-12H2,1H3,(H2,17,22,23)(H2,18,20,21);1H. The Morgan fingerprint density at radius 1 is 1.20 bits per heavy atom. The van der Waals surface area contributed by atoms with E-state index in [2.05, 4.69) is 20.6 Å². The van der Waals surface area contributed by atoms with Gasteiger partial charge in [0.05, 0.1) is 23.7 Å². The lowest BCUT2D eigenvalue weighted by atomic mass is 10.2. The summed E-state index contributed by atoms with van der Waals surface area (Å²) in [7, 11) is -3.71. The minimum Gasteiger partial charge on any atom is -0.357 e. The van der Waals surface area contributed by atoms with Crippen LogP contribution >= 0.6 is 24.0 Å². The van der Waals surface area contributed by atoms with Crippen LogP contribution in [0.1, 0.15) is 18.2 Å². The summed E-state index contributed by atoms with van der Waals surface area (Å²) in [6.45, 7) is 3.57. The second kappa shape index (κ2) is 10.3. The summed E-state index contributed by atoms with van der Waals surface area (Å²) in [5.74, 6) is 0.629. The van der Waals surface area contributed by atoms with Crippen molar-refractivity contribution >= 4 is 40.0 Å². The van der Waals surface area contributed by atoms with Crippen LogP contribution in [0, 0.1) is 0 Å². The van der Waals surface area contributed by atoms with E-state index in [9.17, 15) is 8.42 Å². The van der Waals surface area contributed by atoms with Gasteiger partial charge in [-0.15, -0.1) is 24.0 Å². The molecule has 136 valence electrons. The van der Waals surface area contributed by atoms with E-state index >= 15 is 0 Å². The first kappa shape index (κ1) is 21.3. The first-order chi connectivity index (χ1) is 11.5. The number of nitrogens with zero attached hydrogens (tertiary/aromatic N) is 2. The fraction of sp³-hybridized carbons (Fsp3) is 0.250. The smallest absolute Gasteiger partial charge is 0.238 e. The third-order valence-electron chi connectivity index (χ3n) is 3.15. The highest BCUT2D eigenvalue weighted by Gasteiger charge is 2.07. The van der Waals surface area contributed by atoms with Gasteiger partial charge in [-0.3, -0.25) is 4.98 Å². The van der Waals surface area contributed by atoms with E-state index in [1.165, 1.54) is 12.1 Å². The number of nitrogens with two attached hydrogens (primary N) is 1. The molecule has 9 heteroatoms. The number of benzene rings is 1. The lowest BCUT2D eigenvalue weighted by Gasteiger charge is -2.11. The molecule has 0 saturated carbocycles. The fourth-order valence-electron chi connectivity index (χ4n) is 2.01. The first-order valence-corrected chi connectivity index (χ1v) is 9.07. The van der Waals surface area contributed by atoms with Crippen LogP contribution in [0.3, 0.4) is 0 Å². The maximum absolute atomic E-state index is 11.4. The molecular formula is C16H22IN5O2S. The van der Waals surface area contributed by atoms with Crippen LogP contribution in [0.25, 0.3) is 0 Å². The van der Waals surface area contributed by atoms with Gasteiger partial charge < -0.3 is 10.6 Å². The second-order valence-electron chi connectivity index (χ2n) is 5.06. The summed E-state index contributed by atoms with van der Waals surface area (Å²) in [5.41, 5.74) is 1.66. The predicted octanol–water partition coefficient (Wildman–Crippen LogP) is 1.60. The minimum atomic E-state index is -3.71. The maximum atomic E-state index is 11.4. The number of nitrogens with one attached hydrogen (secondary N) is 2. The quantitative estimate of drug-likeness (QED) is 0.334. The molecule has 4 N–H and O–H groups in total. The average molecular weight is 475 g/mol. The molecule has 0 saturated heterocycles. The third-order valence-corrected chi connectivity index (χ3v) is 4.07. The molecule has 0 aliphatic heterocycles. The third kappa shape index (κ3) is 7.36. The number of halogens is 1. The summed E-state index contributed by atoms with van der Waals surface area (Å²) in [6, 6.07) is 12.2. The molecule has 0 spiro atoms. The molecule has 0 aliphatic carbocycles. The SMILES string of the molecule is CCNC(=NCc1cccc(S(N)(=O)=O)c1)NCc1ccccn1.I. The van der Waals surface area contributed by atoms with Gasteiger partial charge in [-0.2, -0.15) is 0 Å². The molecule has 2 rings (SSSR count). The van der Waals surface area contributed by atoms with E-state index in [1.807, 2.05) is 25.1 Å². The number of rotatable bonds is 6. The Kier molecular flexibility index (Phi) is 8.79. The van der Waals surface area contributed by atoms with Crippen LogP contribution in [-0.2, 0) is 23.1 Å². The zero-order valence-electron chi connectivity index (χ0n) is 13.8. The van der Waals surface area contributed by atoms with Gasteiger partial charge in [-0.05, 0) is 36.8 Å². The topological polar surface area (TPSA) is 109 Å². The maximum Gasteiger partial charge on any atom is 0.238 e. The molecule has 0 unspecified atom stereocenters. The number of primary sulfonamides is 1.